The number of hydrogen-bond donors (Lipinski definition) is 1. The van der Waals surface area contributed by atoms with Crippen LogP contribution in [0.2, 0.25) is 0 Å². The number of nitro groups is 1. The first-order valence-electron chi connectivity index (χ1n) is 4.89. The number of nitrogens with two attached hydrogens (primary N) is 1. The highest BCUT2D eigenvalue weighted by molar-refractivity contribution is 5.57. The van der Waals surface area contributed by atoms with Crippen LogP contribution in [0, 0.1) is 10.1 Å². The van der Waals surface area contributed by atoms with E-state index in [1.54, 1.807) is 0 Å². The van der Waals surface area contributed by atoms with Gasteiger partial charge < -0.3 is 10.6 Å². The molecule has 1 heterocycles. The molecule has 0 aliphatic heterocycles. The van der Waals surface area contributed by atoms with Crippen molar-refractivity contribution in [1.29, 1.82) is 0 Å². The Morgan fingerprint density at radius 1 is 1.50 bits per heavy atom. The Hall–Kier alpha value is -2.06. The minimum absolute atomic E-state index is 0.155. The molecule has 0 aromatic carbocycles. The third-order valence-corrected chi connectivity index (χ3v) is 2.21. The molecule has 1 rings (SSSR count). The average Bonchev–Trinajstić information content (AvgIpc) is 2.24. The second-order valence-corrected chi connectivity index (χ2v) is 3.62. The van der Waals surface area contributed by atoms with Gasteiger partial charge in [0, 0.05) is 19.7 Å². The van der Waals surface area contributed by atoms with Crippen LogP contribution in [-0.4, -0.2) is 29.7 Å². The molecule has 0 fully saturated rings. The number of alkyl halides is 3. The number of pyridine rings is 1. The van der Waals surface area contributed by atoms with Crippen LogP contribution in [-0.2, 0) is 0 Å². The van der Waals surface area contributed by atoms with Gasteiger partial charge in [0.2, 0.25) is 5.82 Å². The molecule has 9 heteroatoms. The Bertz CT molecular complexity index is 450. The van der Waals surface area contributed by atoms with Gasteiger partial charge in [0.25, 0.3) is 0 Å². The van der Waals surface area contributed by atoms with E-state index in [9.17, 15) is 23.3 Å². The third kappa shape index (κ3) is 3.75. The molecule has 0 aliphatic rings. The molecule has 1 aromatic rings. The SMILES string of the molecule is CN(CCC(F)(F)F)c1ccc([N+](=O)[O-])c(N)n1. The molecule has 1 aromatic heterocycles. The van der Waals surface area contributed by atoms with Crippen molar-refractivity contribution in [2.24, 2.45) is 0 Å². The number of nitrogens with zero attached hydrogens (tertiary/aromatic N) is 3. The van der Waals surface area contributed by atoms with Gasteiger partial charge in [-0.3, -0.25) is 10.1 Å². The quantitative estimate of drug-likeness (QED) is 0.663. The first-order chi connectivity index (χ1) is 8.20. The molecular weight excluding hydrogens is 253 g/mol. The maximum atomic E-state index is 12.0. The predicted octanol–water partition coefficient (Wildman–Crippen LogP) is 1.96. The van der Waals surface area contributed by atoms with E-state index in [1.165, 1.54) is 18.0 Å². The van der Waals surface area contributed by atoms with Crippen molar-refractivity contribution in [2.45, 2.75) is 12.6 Å². The number of halogens is 3. The van der Waals surface area contributed by atoms with Crippen LogP contribution in [0.15, 0.2) is 12.1 Å². The van der Waals surface area contributed by atoms with Gasteiger partial charge in [-0.25, -0.2) is 4.98 Å². The van der Waals surface area contributed by atoms with Gasteiger partial charge in [-0.2, -0.15) is 13.2 Å². The lowest BCUT2D eigenvalue weighted by Crippen LogP contribution is -2.25. The van der Waals surface area contributed by atoms with Gasteiger partial charge in [0.05, 0.1) is 11.3 Å². The molecular formula is C9H11F3N4O2. The number of rotatable bonds is 4. The van der Waals surface area contributed by atoms with Gasteiger partial charge in [-0.15, -0.1) is 0 Å². The van der Waals surface area contributed by atoms with Crippen LogP contribution in [0.4, 0.5) is 30.5 Å². The summed E-state index contributed by atoms with van der Waals surface area (Å²) in [7, 11) is 1.40. The summed E-state index contributed by atoms with van der Waals surface area (Å²) in [6, 6.07) is 2.37. The van der Waals surface area contributed by atoms with Gasteiger partial charge in [-0.1, -0.05) is 0 Å². The minimum atomic E-state index is -4.26. The van der Waals surface area contributed by atoms with E-state index in [1.807, 2.05) is 0 Å². The topological polar surface area (TPSA) is 85.3 Å². The van der Waals surface area contributed by atoms with E-state index in [2.05, 4.69) is 4.98 Å². The molecule has 6 nitrogen and oxygen atoms in total. The fourth-order valence-electron chi connectivity index (χ4n) is 1.23. The molecule has 0 amide bonds. The summed E-state index contributed by atoms with van der Waals surface area (Å²) in [6.45, 7) is -0.298. The molecule has 0 saturated heterocycles. The largest absolute Gasteiger partial charge is 0.390 e. The van der Waals surface area contributed by atoms with Gasteiger partial charge in [0.15, 0.2) is 0 Å². The van der Waals surface area contributed by atoms with Crippen molar-refractivity contribution in [3.05, 3.63) is 22.2 Å². The Morgan fingerprint density at radius 2 is 2.11 bits per heavy atom. The maximum absolute atomic E-state index is 12.0. The van der Waals surface area contributed by atoms with Crippen LogP contribution < -0.4 is 10.6 Å². The van der Waals surface area contributed by atoms with E-state index in [0.29, 0.717) is 0 Å². The molecule has 0 spiro atoms. The van der Waals surface area contributed by atoms with Gasteiger partial charge in [0.1, 0.15) is 5.82 Å². The standard InChI is InChI=1S/C9H11F3N4O2/c1-15(5-4-9(10,11)12)7-3-2-6(16(17)18)8(13)14-7/h2-3H,4-5H2,1H3,(H2,13,14). The van der Waals surface area contributed by atoms with Crippen molar-refractivity contribution in [3.8, 4) is 0 Å². The number of aromatic nitrogens is 1. The second-order valence-electron chi connectivity index (χ2n) is 3.62. The predicted molar refractivity (Wildman–Crippen MR) is 59.2 cm³/mol. The van der Waals surface area contributed by atoms with E-state index < -0.39 is 17.5 Å². The highest BCUT2D eigenvalue weighted by atomic mass is 19.4. The van der Waals surface area contributed by atoms with E-state index in [4.69, 9.17) is 5.73 Å². The molecule has 0 aliphatic carbocycles. The first kappa shape index (κ1) is 14.0. The van der Waals surface area contributed by atoms with Crippen molar-refractivity contribution in [3.63, 3.8) is 0 Å². The van der Waals surface area contributed by atoms with E-state index in [-0.39, 0.29) is 23.9 Å². The summed E-state index contributed by atoms with van der Waals surface area (Å²) >= 11 is 0. The van der Waals surface area contributed by atoms with Crippen molar-refractivity contribution >= 4 is 17.3 Å². The zero-order chi connectivity index (χ0) is 13.9. The Balaban J connectivity index is 2.78. The minimum Gasteiger partial charge on any atom is -0.378 e. The molecule has 0 radical (unpaired) electrons. The lowest BCUT2D eigenvalue weighted by Gasteiger charge is -2.19. The van der Waals surface area contributed by atoms with Crippen molar-refractivity contribution < 1.29 is 18.1 Å². The Labute approximate surface area is 100 Å². The van der Waals surface area contributed by atoms with Crippen LogP contribution in [0.1, 0.15) is 6.42 Å². The number of hydrogen-bond acceptors (Lipinski definition) is 5. The second kappa shape index (κ2) is 5.07. The van der Waals surface area contributed by atoms with Crippen molar-refractivity contribution in [1.82, 2.24) is 4.98 Å². The van der Waals surface area contributed by atoms with E-state index >= 15 is 0 Å². The zero-order valence-electron chi connectivity index (χ0n) is 9.44. The Kier molecular flexibility index (Phi) is 3.94. The molecule has 0 bridgehead atoms. The fraction of sp³-hybridized carbons (Fsp3) is 0.444. The summed E-state index contributed by atoms with van der Waals surface area (Å²) in [4.78, 5) is 14.7. The Morgan fingerprint density at radius 3 is 2.56 bits per heavy atom. The summed E-state index contributed by atoms with van der Waals surface area (Å²) in [5.41, 5.74) is 4.97. The normalized spacial score (nSPS) is 11.3. The molecule has 0 saturated carbocycles. The molecule has 0 unspecified atom stereocenters. The molecule has 2 N–H and O–H groups in total. The zero-order valence-corrected chi connectivity index (χ0v) is 9.44. The smallest absolute Gasteiger partial charge is 0.378 e. The fourth-order valence-corrected chi connectivity index (χ4v) is 1.23. The van der Waals surface area contributed by atoms with Crippen molar-refractivity contribution in [2.75, 3.05) is 24.2 Å². The van der Waals surface area contributed by atoms with Crippen LogP contribution in [0.25, 0.3) is 0 Å². The summed E-state index contributed by atoms with van der Waals surface area (Å²) in [5, 5.41) is 10.5. The third-order valence-electron chi connectivity index (χ3n) is 2.21. The summed E-state index contributed by atoms with van der Waals surface area (Å²) in [6.07, 6.45) is -5.26. The van der Waals surface area contributed by atoms with Gasteiger partial charge in [-0.05, 0) is 6.07 Å². The van der Waals surface area contributed by atoms with Crippen LogP contribution >= 0.6 is 0 Å². The average molecular weight is 264 g/mol. The van der Waals surface area contributed by atoms with Gasteiger partial charge >= 0.3 is 11.9 Å². The number of anilines is 2. The lowest BCUT2D eigenvalue weighted by atomic mass is 10.3. The first-order valence-corrected chi connectivity index (χ1v) is 4.89. The molecule has 100 valence electrons. The van der Waals surface area contributed by atoms with Crippen LogP contribution in [0.5, 0.6) is 0 Å². The molecule has 0 atom stereocenters. The molecule has 18 heavy (non-hydrogen) atoms. The monoisotopic (exact) mass is 264 g/mol. The highest BCUT2D eigenvalue weighted by Gasteiger charge is 2.27. The summed E-state index contributed by atoms with van der Waals surface area (Å²) < 4.78 is 36.1. The van der Waals surface area contributed by atoms with Crippen LogP contribution in [0.3, 0.4) is 0 Å². The maximum Gasteiger partial charge on any atom is 0.390 e. The summed E-state index contributed by atoms with van der Waals surface area (Å²) in [5.74, 6) is -0.168. The lowest BCUT2D eigenvalue weighted by molar-refractivity contribution is -0.384. The number of nitrogen functional groups attached to an aromatic ring is 1. The van der Waals surface area contributed by atoms with E-state index in [0.717, 1.165) is 6.07 Å². The highest BCUT2D eigenvalue weighted by Crippen LogP contribution is 2.24.